The molecule has 0 spiro atoms. The number of aromatic nitrogens is 1. The maximum atomic E-state index is 13.9. The van der Waals surface area contributed by atoms with Gasteiger partial charge in [-0.1, -0.05) is 20.8 Å². The molecule has 26 heavy (non-hydrogen) atoms. The molecule has 2 heterocycles. The maximum Gasteiger partial charge on any atom is 0.439 e. The van der Waals surface area contributed by atoms with Gasteiger partial charge in [-0.15, -0.1) is 0 Å². The van der Waals surface area contributed by atoms with E-state index < -0.39 is 23.7 Å². The Bertz CT molecular complexity index is 727. The van der Waals surface area contributed by atoms with Gasteiger partial charge in [-0.05, 0) is 42.7 Å². The number of fused-ring (bicyclic) bond motifs is 1. The Labute approximate surface area is 149 Å². The van der Waals surface area contributed by atoms with Crippen LogP contribution in [0.25, 0.3) is 0 Å². The van der Waals surface area contributed by atoms with Crippen LogP contribution >= 0.6 is 0 Å². The molecule has 0 aromatic carbocycles. The zero-order valence-electron chi connectivity index (χ0n) is 14.9. The van der Waals surface area contributed by atoms with Crippen molar-refractivity contribution < 1.29 is 23.1 Å². The molecule has 2 aliphatic rings. The van der Waals surface area contributed by atoms with Gasteiger partial charge in [0.1, 0.15) is 0 Å². The fourth-order valence-electron chi connectivity index (χ4n) is 3.82. The number of hydrogen-bond acceptors (Lipinski definition) is 4. The Balaban J connectivity index is 2.01. The summed E-state index contributed by atoms with van der Waals surface area (Å²) in [5.74, 6) is -2.26. The molecule has 3 rings (SSSR count). The van der Waals surface area contributed by atoms with Crippen LogP contribution in [0, 0.1) is 17.3 Å². The number of hydrogen-bond donors (Lipinski definition) is 1. The summed E-state index contributed by atoms with van der Waals surface area (Å²) >= 11 is 0. The molecule has 1 saturated carbocycles. The lowest BCUT2D eigenvalue weighted by Crippen LogP contribution is -2.62. The van der Waals surface area contributed by atoms with E-state index >= 15 is 0 Å². The van der Waals surface area contributed by atoms with Gasteiger partial charge >= 0.3 is 6.18 Å². The number of alkyl halides is 3. The predicted octanol–water partition coefficient (Wildman–Crippen LogP) is 3.61. The third-order valence-electron chi connectivity index (χ3n) is 5.45. The van der Waals surface area contributed by atoms with Crippen LogP contribution in [0.2, 0.25) is 0 Å². The molecule has 1 N–H and O–H groups in total. The number of pyridine rings is 1. The molecule has 1 aromatic rings. The first-order valence-electron chi connectivity index (χ1n) is 8.57. The highest BCUT2D eigenvalue weighted by Crippen LogP contribution is 2.52. The highest BCUT2D eigenvalue weighted by atomic mass is 19.4. The molecular formula is C18H22F3N3O2. The van der Waals surface area contributed by atoms with Gasteiger partial charge in [0.25, 0.3) is 11.6 Å². The first-order valence-corrected chi connectivity index (χ1v) is 8.57. The van der Waals surface area contributed by atoms with Gasteiger partial charge in [0.15, 0.2) is 0 Å². The summed E-state index contributed by atoms with van der Waals surface area (Å²) in [7, 11) is 0. The van der Waals surface area contributed by atoms with E-state index in [2.05, 4.69) is 10.1 Å². The molecule has 0 saturated heterocycles. The van der Waals surface area contributed by atoms with Crippen molar-refractivity contribution in [2.75, 3.05) is 0 Å². The Morgan fingerprint density at radius 3 is 2.58 bits per heavy atom. The van der Waals surface area contributed by atoms with Crippen molar-refractivity contribution >= 4 is 11.6 Å². The number of carbonyl (C=O) groups excluding carboxylic acids is 1. The van der Waals surface area contributed by atoms with E-state index in [9.17, 15) is 23.1 Å². The van der Waals surface area contributed by atoms with Crippen LogP contribution in [0.4, 0.5) is 13.2 Å². The summed E-state index contributed by atoms with van der Waals surface area (Å²) in [5, 5.41) is 14.9. The number of hydrazone groups is 1. The first kappa shape index (κ1) is 18.8. The van der Waals surface area contributed by atoms with Gasteiger partial charge in [-0.3, -0.25) is 9.78 Å². The minimum absolute atomic E-state index is 0.00577. The SMILES string of the molecule is CC(C)(C)[C@@H]1CCC2=NN(C(=O)c3cccnc3)[C@](O)(C(F)(F)F)[C@@H]2C1. The maximum absolute atomic E-state index is 13.9. The number of halogens is 3. The minimum atomic E-state index is -5.03. The molecule has 1 fully saturated rings. The lowest BCUT2D eigenvalue weighted by atomic mass is 9.66. The molecular weight excluding hydrogens is 347 g/mol. The van der Waals surface area contributed by atoms with E-state index in [1.54, 1.807) is 0 Å². The zero-order chi connectivity index (χ0) is 19.3. The molecule has 1 amide bonds. The van der Waals surface area contributed by atoms with Gasteiger partial charge in [-0.2, -0.15) is 23.3 Å². The third kappa shape index (κ3) is 2.90. The Morgan fingerprint density at radius 2 is 2.04 bits per heavy atom. The Kier molecular flexibility index (Phi) is 4.37. The molecule has 8 heteroatoms. The molecule has 1 aliphatic heterocycles. The summed E-state index contributed by atoms with van der Waals surface area (Å²) in [5.41, 5.74) is -3.34. The largest absolute Gasteiger partial charge is 0.439 e. The second-order valence-electron chi connectivity index (χ2n) is 8.06. The molecule has 0 radical (unpaired) electrons. The number of nitrogens with zero attached hydrogens (tertiary/aromatic N) is 3. The monoisotopic (exact) mass is 369 g/mol. The van der Waals surface area contributed by atoms with Crippen LogP contribution in [0.1, 0.15) is 50.4 Å². The summed E-state index contributed by atoms with van der Waals surface area (Å²) in [6.45, 7) is 5.92. The van der Waals surface area contributed by atoms with Crippen LogP contribution in [0.3, 0.4) is 0 Å². The van der Waals surface area contributed by atoms with Crippen LogP contribution in [0.5, 0.6) is 0 Å². The molecule has 0 bridgehead atoms. The van der Waals surface area contributed by atoms with Crippen molar-refractivity contribution in [3.05, 3.63) is 30.1 Å². The summed E-state index contributed by atoms with van der Waals surface area (Å²) in [6, 6.07) is 2.80. The molecule has 5 nitrogen and oxygen atoms in total. The predicted molar refractivity (Wildman–Crippen MR) is 89.1 cm³/mol. The Morgan fingerprint density at radius 1 is 1.35 bits per heavy atom. The number of carbonyl (C=O) groups is 1. The van der Waals surface area contributed by atoms with Crippen molar-refractivity contribution in [2.24, 2.45) is 22.4 Å². The van der Waals surface area contributed by atoms with Crippen molar-refractivity contribution in [2.45, 2.75) is 51.9 Å². The van der Waals surface area contributed by atoms with Gasteiger partial charge in [0.2, 0.25) is 0 Å². The molecule has 3 atom stereocenters. The second-order valence-corrected chi connectivity index (χ2v) is 8.06. The fourth-order valence-corrected chi connectivity index (χ4v) is 3.82. The van der Waals surface area contributed by atoms with Gasteiger partial charge in [0, 0.05) is 18.1 Å². The van der Waals surface area contributed by atoms with E-state index in [-0.39, 0.29) is 34.0 Å². The first-order chi connectivity index (χ1) is 12.0. The molecule has 142 valence electrons. The fraction of sp³-hybridized carbons (Fsp3) is 0.611. The van der Waals surface area contributed by atoms with Crippen molar-refractivity contribution in [3.63, 3.8) is 0 Å². The van der Waals surface area contributed by atoms with Crippen molar-refractivity contribution in [1.29, 1.82) is 0 Å². The molecule has 0 unspecified atom stereocenters. The normalized spacial score (nSPS) is 29.3. The van der Waals surface area contributed by atoms with Crippen LogP contribution < -0.4 is 0 Å². The minimum Gasteiger partial charge on any atom is -0.362 e. The highest BCUT2D eigenvalue weighted by molar-refractivity contribution is 5.99. The molecule has 1 aliphatic carbocycles. The van der Waals surface area contributed by atoms with Crippen LogP contribution in [0.15, 0.2) is 29.6 Å². The number of rotatable bonds is 1. The zero-order valence-corrected chi connectivity index (χ0v) is 14.9. The van der Waals surface area contributed by atoms with E-state index in [4.69, 9.17) is 0 Å². The van der Waals surface area contributed by atoms with E-state index in [1.165, 1.54) is 24.5 Å². The number of aliphatic hydroxyl groups is 1. The van der Waals surface area contributed by atoms with Gasteiger partial charge < -0.3 is 5.11 Å². The topological polar surface area (TPSA) is 65.8 Å². The van der Waals surface area contributed by atoms with E-state index in [0.29, 0.717) is 12.8 Å². The van der Waals surface area contributed by atoms with Crippen LogP contribution in [-0.4, -0.2) is 38.6 Å². The summed E-state index contributed by atoms with van der Waals surface area (Å²) in [6.07, 6.45) is -1.30. The van der Waals surface area contributed by atoms with Crippen molar-refractivity contribution in [3.8, 4) is 0 Å². The third-order valence-corrected chi connectivity index (χ3v) is 5.45. The van der Waals surface area contributed by atoms with Crippen LogP contribution in [-0.2, 0) is 0 Å². The smallest absolute Gasteiger partial charge is 0.362 e. The average molecular weight is 369 g/mol. The van der Waals surface area contributed by atoms with Gasteiger partial charge in [-0.25, -0.2) is 0 Å². The lowest BCUT2D eigenvalue weighted by Gasteiger charge is -2.42. The Hall–Kier alpha value is -1.96. The van der Waals surface area contributed by atoms with Gasteiger partial charge in [0.05, 0.1) is 11.5 Å². The summed E-state index contributed by atoms with van der Waals surface area (Å²) < 4.78 is 41.8. The van der Waals surface area contributed by atoms with E-state index in [0.717, 1.165) is 0 Å². The average Bonchev–Trinajstić information content (AvgIpc) is 2.88. The summed E-state index contributed by atoms with van der Waals surface area (Å²) in [4.78, 5) is 16.4. The lowest BCUT2D eigenvalue weighted by molar-refractivity contribution is -0.314. The number of amides is 1. The molecule has 1 aromatic heterocycles. The van der Waals surface area contributed by atoms with E-state index in [1.807, 2.05) is 20.8 Å². The quantitative estimate of drug-likeness (QED) is 0.822. The van der Waals surface area contributed by atoms with Crippen molar-refractivity contribution in [1.82, 2.24) is 9.99 Å². The second kappa shape index (κ2) is 6.04. The standard InChI is InChI=1S/C18H22F3N3O2/c1-16(2,3)12-6-7-14-13(9-12)17(26,18(19,20)21)24(23-14)15(25)11-5-4-8-22-10-11/h4-5,8,10,12-13,26H,6-7,9H2,1-3H3/t12-,13-,17-/m1/s1. The highest BCUT2D eigenvalue weighted by Gasteiger charge is 2.69.